The van der Waals surface area contributed by atoms with Gasteiger partial charge in [0.15, 0.2) is 11.4 Å². The molecule has 0 saturated carbocycles. The van der Waals surface area contributed by atoms with Crippen LogP contribution >= 0.6 is 0 Å². The van der Waals surface area contributed by atoms with E-state index in [1.54, 1.807) is 6.92 Å². The Labute approximate surface area is 195 Å². The number of carbonyl (C=O) groups excluding carboxylic acids is 1. The van der Waals surface area contributed by atoms with Gasteiger partial charge in [0.05, 0.1) is 11.5 Å². The summed E-state index contributed by atoms with van der Waals surface area (Å²) in [6.07, 6.45) is 5.36. The van der Waals surface area contributed by atoms with E-state index in [4.69, 9.17) is 4.42 Å². The third-order valence-electron chi connectivity index (χ3n) is 5.63. The summed E-state index contributed by atoms with van der Waals surface area (Å²) in [4.78, 5) is 25.3. The van der Waals surface area contributed by atoms with E-state index >= 15 is 0 Å². The maximum atomic E-state index is 13.1. The van der Waals surface area contributed by atoms with Gasteiger partial charge < -0.3 is 19.7 Å². The van der Waals surface area contributed by atoms with Gasteiger partial charge in [-0.1, -0.05) is 44.1 Å². The van der Waals surface area contributed by atoms with Crippen molar-refractivity contribution in [2.75, 3.05) is 0 Å². The molecule has 1 heterocycles. The first-order valence-corrected chi connectivity index (χ1v) is 11.5. The number of phenols is 2. The molecule has 0 fully saturated rings. The molecule has 0 radical (unpaired) electrons. The third-order valence-corrected chi connectivity index (χ3v) is 5.63. The van der Waals surface area contributed by atoms with Crippen molar-refractivity contribution in [1.29, 1.82) is 0 Å². The van der Waals surface area contributed by atoms with Crippen LogP contribution in [0.5, 0.6) is 11.5 Å². The van der Waals surface area contributed by atoms with Crippen LogP contribution in [0.3, 0.4) is 0 Å². The molecule has 6 nitrogen and oxygen atoms in total. The molecule has 1 aromatic heterocycles. The zero-order chi connectivity index (χ0) is 24.9. The number of hydrogen-bond acceptors (Lipinski definition) is 6. The quantitative estimate of drug-likeness (QED) is 0.226. The van der Waals surface area contributed by atoms with Gasteiger partial charge in [0, 0.05) is 23.6 Å². The molecule has 6 heteroatoms. The Hall–Kier alpha value is -2.86. The highest BCUT2D eigenvalue weighted by Crippen LogP contribution is 2.43. The summed E-state index contributed by atoms with van der Waals surface area (Å²) in [5, 5.41) is 32.8. The second kappa shape index (κ2) is 11.3. The number of benzene rings is 1. The van der Waals surface area contributed by atoms with Crippen molar-refractivity contribution >= 4 is 16.8 Å². The number of Topliss-reactive ketones (excluding diaryl/α,β-unsaturated/α-hetero) is 1. The second-order valence-corrected chi connectivity index (χ2v) is 9.30. The van der Waals surface area contributed by atoms with Crippen molar-refractivity contribution in [3.05, 3.63) is 56.5 Å². The number of hydrogen-bond donors (Lipinski definition) is 3. The number of aliphatic hydroxyl groups is 1. The van der Waals surface area contributed by atoms with Gasteiger partial charge in [-0.25, -0.2) is 4.79 Å². The molecule has 180 valence electrons. The largest absolute Gasteiger partial charge is 0.507 e. The summed E-state index contributed by atoms with van der Waals surface area (Å²) >= 11 is 0. The Bertz CT molecular complexity index is 1130. The number of carbonyl (C=O) groups is 1. The zero-order valence-corrected chi connectivity index (χ0v) is 20.5. The van der Waals surface area contributed by atoms with Gasteiger partial charge >= 0.3 is 5.63 Å². The van der Waals surface area contributed by atoms with Gasteiger partial charge in [0.2, 0.25) is 0 Å². The maximum absolute atomic E-state index is 13.1. The van der Waals surface area contributed by atoms with Gasteiger partial charge in [0.1, 0.15) is 17.1 Å². The number of ketones is 1. The number of aromatic hydroxyl groups is 2. The first-order chi connectivity index (χ1) is 15.5. The van der Waals surface area contributed by atoms with Crippen molar-refractivity contribution in [3.63, 3.8) is 0 Å². The molecule has 0 saturated heterocycles. The Morgan fingerprint density at radius 3 is 2.36 bits per heavy atom. The zero-order valence-electron chi connectivity index (χ0n) is 20.5. The van der Waals surface area contributed by atoms with Crippen LogP contribution in [0.15, 0.2) is 38.6 Å². The minimum absolute atomic E-state index is 0.0116. The lowest BCUT2D eigenvalue weighted by Crippen LogP contribution is -2.11. The van der Waals surface area contributed by atoms with Crippen LogP contribution in [-0.4, -0.2) is 21.1 Å². The van der Waals surface area contributed by atoms with E-state index in [9.17, 15) is 24.9 Å². The first-order valence-electron chi connectivity index (χ1n) is 11.5. The molecule has 0 aliphatic rings. The number of aliphatic hydroxyl groups excluding tert-OH is 1. The Morgan fingerprint density at radius 1 is 1.12 bits per heavy atom. The molecule has 0 aliphatic heterocycles. The van der Waals surface area contributed by atoms with E-state index in [2.05, 4.69) is 6.08 Å². The number of phenolic OH excluding ortho intramolecular Hbond substituents is 2. The molecule has 3 N–H and O–H groups in total. The molecule has 0 unspecified atom stereocenters. The second-order valence-electron chi connectivity index (χ2n) is 9.30. The van der Waals surface area contributed by atoms with E-state index in [0.29, 0.717) is 6.42 Å². The predicted molar refractivity (Wildman–Crippen MR) is 131 cm³/mol. The molecular formula is C27H36O6. The Kier molecular flexibility index (Phi) is 9.06. The highest BCUT2D eigenvalue weighted by atomic mass is 16.4. The Balaban J connectivity index is 2.74. The van der Waals surface area contributed by atoms with Crippen LogP contribution in [0.4, 0.5) is 0 Å². The average Bonchev–Trinajstić information content (AvgIpc) is 2.71. The normalized spacial score (nSPS) is 12.9. The highest BCUT2D eigenvalue weighted by Gasteiger charge is 2.28. The van der Waals surface area contributed by atoms with E-state index in [0.717, 1.165) is 24.5 Å². The van der Waals surface area contributed by atoms with Crippen LogP contribution in [-0.2, 0) is 6.42 Å². The van der Waals surface area contributed by atoms with Crippen LogP contribution in [0.1, 0.15) is 94.8 Å². The van der Waals surface area contributed by atoms with E-state index in [1.165, 1.54) is 5.57 Å². The van der Waals surface area contributed by atoms with Crippen molar-refractivity contribution in [2.24, 2.45) is 5.92 Å². The van der Waals surface area contributed by atoms with Crippen molar-refractivity contribution in [1.82, 2.24) is 0 Å². The van der Waals surface area contributed by atoms with E-state index in [-0.39, 0.29) is 63.7 Å². The first kappa shape index (κ1) is 26.4. The van der Waals surface area contributed by atoms with Crippen molar-refractivity contribution < 1.29 is 24.5 Å². The molecule has 2 aromatic rings. The molecule has 33 heavy (non-hydrogen) atoms. The maximum Gasteiger partial charge on any atom is 0.336 e. The summed E-state index contributed by atoms with van der Waals surface area (Å²) in [7, 11) is 0. The van der Waals surface area contributed by atoms with Crippen molar-refractivity contribution in [3.8, 4) is 11.5 Å². The fraction of sp³-hybridized carbons (Fsp3) is 0.481. The highest BCUT2D eigenvalue weighted by molar-refractivity contribution is 6.11. The molecule has 1 atom stereocenters. The summed E-state index contributed by atoms with van der Waals surface area (Å²) in [5.74, 6) is -1.05. The molecule has 2 rings (SSSR count). The topological polar surface area (TPSA) is 108 Å². The number of rotatable bonds is 10. The summed E-state index contributed by atoms with van der Waals surface area (Å²) in [6, 6.07) is 1.13. The summed E-state index contributed by atoms with van der Waals surface area (Å²) < 4.78 is 5.32. The molecule has 1 aromatic carbocycles. The molecule has 0 amide bonds. The standard InChI is InChI=1S/C27H36O6/c1-7-20(28)19-14-22(30)33-27-23(19)25(31)18(12-11-17(6)10-8-9-15(2)3)26(32)24(27)21(29)13-16(4)5/h9,11,14,16,20,28,31-32H,7-8,10,12-13H2,1-6H3/b17-11+/t20-/m0/s1. The van der Waals surface area contributed by atoms with Crippen LogP contribution < -0.4 is 5.63 Å². The van der Waals surface area contributed by atoms with Gasteiger partial charge in [-0.2, -0.15) is 0 Å². The lowest BCUT2D eigenvalue weighted by Gasteiger charge is -2.18. The summed E-state index contributed by atoms with van der Waals surface area (Å²) in [6.45, 7) is 11.6. The minimum Gasteiger partial charge on any atom is -0.507 e. The van der Waals surface area contributed by atoms with Crippen LogP contribution in [0.2, 0.25) is 0 Å². The van der Waals surface area contributed by atoms with Crippen molar-refractivity contribution in [2.45, 2.75) is 79.8 Å². The lowest BCUT2D eigenvalue weighted by atomic mass is 9.91. The Morgan fingerprint density at radius 2 is 1.79 bits per heavy atom. The van der Waals surface area contributed by atoms with E-state index < -0.39 is 11.7 Å². The van der Waals surface area contributed by atoms with Crippen LogP contribution in [0.25, 0.3) is 11.0 Å². The predicted octanol–water partition coefficient (Wildman–Crippen LogP) is 6.11. The fourth-order valence-corrected chi connectivity index (χ4v) is 3.83. The monoisotopic (exact) mass is 456 g/mol. The summed E-state index contributed by atoms with van der Waals surface area (Å²) in [5.41, 5.74) is 1.62. The van der Waals surface area contributed by atoms with Gasteiger partial charge in [0.25, 0.3) is 0 Å². The SMILES string of the molecule is CC[C@H](O)c1cc(=O)oc2c(C(=O)CC(C)C)c(O)c(C/C=C(\C)CCC=C(C)C)c(O)c12. The number of allylic oxidation sites excluding steroid dienone is 4. The fourth-order valence-electron chi connectivity index (χ4n) is 3.83. The van der Waals surface area contributed by atoms with Gasteiger partial charge in [-0.05, 0) is 52.4 Å². The molecule has 0 spiro atoms. The number of fused-ring (bicyclic) bond motifs is 1. The molecular weight excluding hydrogens is 420 g/mol. The average molecular weight is 457 g/mol. The molecule has 0 aliphatic carbocycles. The minimum atomic E-state index is -1.03. The smallest absolute Gasteiger partial charge is 0.336 e. The third kappa shape index (κ3) is 6.35. The lowest BCUT2D eigenvalue weighted by molar-refractivity contribution is 0.0965. The van der Waals surface area contributed by atoms with Gasteiger partial charge in [-0.3, -0.25) is 4.79 Å². The molecule has 0 bridgehead atoms. The van der Waals surface area contributed by atoms with Gasteiger partial charge in [-0.15, -0.1) is 0 Å². The van der Waals surface area contributed by atoms with Crippen LogP contribution in [0, 0.1) is 5.92 Å². The van der Waals surface area contributed by atoms with E-state index in [1.807, 2.05) is 40.7 Å².